The third kappa shape index (κ3) is 8.55. The molecule has 21 heavy (non-hydrogen) atoms. The van der Waals surface area contributed by atoms with Crippen LogP contribution in [-0.4, -0.2) is 54.8 Å². The van der Waals surface area contributed by atoms with Gasteiger partial charge in [0.05, 0.1) is 18.7 Å². The van der Waals surface area contributed by atoms with Crippen molar-refractivity contribution in [1.82, 2.24) is 10.2 Å². The van der Waals surface area contributed by atoms with Gasteiger partial charge >= 0.3 is 0 Å². The van der Waals surface area contributed by atoms with Gasteiger partial charge in [-0.2, -0.15) is 0 Å². The van der Waals surface area contributed by atoms with E-state index in [9.17, 15) is 9.90 Å². The number of benzene rings is 1. The van der Waals surface area contributed by atoms with Crippen molar-refractivity contribution >= 4 is 17.5 Å². The number of likely N-dealkylation sites (N-methyl/N-ethyl adjacent to an activating group) is 1. The summed E-state index contributed by atoms with van der Waals surface area (Å²) >= 11 is 5.84. The van der Waals surface area contributed by atoms with Crippen LogP contribution in [0.15, 0.2) is 24.3 Å². The summed E-state index contributed by atoms with van der Waals surface area (Å²) in [6, 6.07) is 7.11. The lowest BCUT2D eigenvalue weighted by Gasteiger charge is -2.24. The van der Waals surface area contributed by atoms with Crippen LogP contribution >= 0.6 is 11.6 Å². The molecule has 118 valence electrons. The number of amides is 1. The van der Waals surface area contributed by atoms with Gasteiger partial charge in [0, 0.05) is 11.6 Å². The van der Waals surface area contributed by atoms with Gasteiger partial charge in [-0.3, -0.25) is 9.69 Å². The zero-order valence-electron chi connectivity index (χ0n) is 12.7. The molecule has 0 heterocycles. The first kappa shape index (κ1) is 17.8. The maximum Gasteiger partial charge on any atom is 0.234 e. The summed E-state index contributed by atoms with van der Waals surface area (Å²) in [4.78, 5) is 13.5. The Hall–Kier alpha value is -1.30. The minimum Gasteiger partial charge on any atom is -0.492 e. The number of halogens is 1. The van der Waals surface area contributed by atoms with Crippen molar-refractivity contribution in [2.45, 2.75) is 19.4 Å². The molecule has 0 atom stereocenters. The highest BCUT2D eigenvalue weighted by Crippen LogP contribution is 2.16. The minimum absolute atomic E-state index is 0.101. The summed E-state index contributed by atoms with van der Waals surface area (Å²) in [6.07, 6.45) is 0. The second-order valence-electron chi connectivity index (χ2n) is 5.64. The lowest BCUT2D eigenvalue weighted by atomic mass is 10.1. The summed E-state index contributed by atoms with van der Waals surface area (Å²) in [6.45, 7) is 4.88. The van der Waals surface area contributed by atoms with Crippen LogP contribution in [0, 0.1) is 0 Å². The van der Waals surface area contributed by atoms with Crippen molar-refractivity contribution < 1.29 is 14.6 Å². The Kier molecular flexibility index (Phi) is 6.95. The fourth-order valence-electron chi connectivity index (χ4n) is 1.93. The van der Waals surface area contributed by atoms with Crippen LogP contribution in [0.5, 0.6) is 5.75 Å². The van der Waals surface area contributed by atoms with Crippen LogP contribution in [0.4, 0.5) is 0 Å². The van der Waals surface area contributed by atoms with Crippen molar-refractivity contribution in [2.75, 3.05) is 33.3 Å². The Labute approximate surface area is 130 Å². The molecule has 1 amide bonds. The molecule has 2 N–H and O–H groups in total. The van der Waals surface area contributed by atoms with Crippen molar-refractivity contribution in [3.8, 4) is 5.75 Å². The predicted molar refractivity (Wildman–Crippen MR) is 83.8 cm³/mol. The number of ether oxygens (including phenoxy) is 1. The molecule has 0 radical (unpaired) electrons. The lowest BCUT2D eigenvalue weighted by Crippen LogP contribution is -2.42. The van der Waals surface area contributed by atoms with Crippen molar-refractivity contribution in [1.29, 1.82) is 0 Å². The van der Waals surface area contributed by atoms with Gasteiger partial charge in [0.2, 0.25) is 5.91 Å². The van der Waals surface area contributed by atoms with Crippen molar-refractivity contribution in [2.24, 2.45) is 0 Å². The molecule has 0 spiro atoms. The Morgan fingerprint density at radius 3 is 2.81 bits per heavy atom. The van der Waals surface area contributed by atoms with E-state index >= 15 is 0 Å². The fraction of sp³-hybridized carbons (Fsp3) is 0.533. The molecular formula is C15H23ClN2O3. The number of hydrogen-bond donors (Lipinski definition) is 2. The summed E-state index contributed by atoms with van der Waals surface area (Å²) in [7, 11) is 1.79. The van der Waals surface area contributed by atoms with E-state index in [0.717, 1.165) is 0 Å². The van der Waals surface area contributed by atoms with Gasteiger partial charge in [0.25, 0.3) is 0 Å². The second kappa shape index (κ2) is 8.22. The highest BCUT2D eigenvalue weighted by Gasteiger charge is 2.17. The molecule has 0 unspecified atom stereocenters. The largest absolute Gasteiger partial charge is 0.492 e. The first-order valence-corrected chi connectivity index (χ1v) is 7.20. The summed E-state index contributed by atoms with van der Waals surface area (Å²) in [5, 5.41) is 13.0. The summed E-state index contributed by atoms with van der Waals surface area (Å²) < 4.78 is 5.47. The van der Waals surface area contributed by atoms with Crippen LogP contribution in [0.25, 0.3) is 0 Å². The predicted octanol–water partition coefficient (Wildman–Crippen LogP) is 1.54. The van der Waals surface area contributed by atoms with Crippen LogP contribution in [0.3, 0.4) is 0 Å². The van der Waals surface area contributed by atoms with Gasteiger partial charge in [-0.25, -0.2) is 0 Å². The van der Waals surface area contributed by atoms with E-state index in [1.54, 1.807) is 37.9 Å². The molecule has 0 aliphatic heterocycles. The molecule has 1 aromatic rings. The van der Waals surface area contributed by atoms with E-state index in [1.807, 2.05) is 12.1 Å². The van der Waals surface area contributed by atoms with E-state index < -0.39 is 5.60 Å². The number of nitrogens with zero attached hydrogens (tertiary/aromatic N) is 1. The number of nitrogens with one attached hydrogen (secondary N) is 1. The van der Waals surface area contributed by atoms with Crippen LogP contribution in [0.2, 0.25) is 5.02 Å². The Morgan fingerprint density at radius 1 is 1.48 bits per heavy atom. The van der Waals surface area contributed by atoms with E-state index in [2.05, 4.69) is 5.32 Å². The van der Waals surface area contributed by atoms with Crippen LogP contribution < -0.4 is 10.1 Å². The van der Waals surface area contributed by atoms with Crippen molar-refractivity contribution in [3.05, 3.63) is 29.3 Å². The van der Waals surface area contributed by atoms with Crippen LogP contribution in [0.1, 0.15) is 13.8 Å². The summed E-state index contributed by atoms with van der Waals surface area (Å²) in [5.41, 5.74) is -0.815. The molecule has 1 aromatic carbocycles. The zero-order valence-corrected chi connectivity index (χ0v) is 13.5. The maximum atomic E-state index is 11.7. The molecule has 0 fully saturated rings. The van der Waals surface area contributed by atoms with Gasteiger partial charge in [-0.05, 0) is 39.1 Å². The SMILES string of the molecule is CN(CC(=O)NCCOc1cccc(Cl)c1)CC(C)(C)O. The first-order chi connectivity index (χ1) is 9.76. The van der Waals surface area contributed by atoms with E-state index in [4.69, 9.17) is 16.3 Å². The molecule has 0 saturated carbocycles. The molecule has 6 heteroatoms. The molecule has 0 aliphatic carbocycles. The maximum absolute atomic E-state index is 11.7. The van der Waals surface area contributed by atoms with Gasteiger partial charge in [-0.15, -0.1) is 0 Å². The topological polar surface area (TPSA) is 61.8 Å². The zero-order chi connectivity index (χ0) is 15.9. The molecule has 1 rings (SSSR count). The normalized spacial score (nSPS) is 11.5. The molecule has 0 aliphatic rings. The van der Waals surface area contributed by atoms with E-state index in [0.29, 0.717) is 30.5 Å². The molecule has 0 aromatic heterocycles. The fourth-order valence-corrected chi connectivity index (χ4v) is 2.11. The average molecular weight is 315 g/mol. The van der Waals surface area contributed by atoms with E-state index in [-0.39, 0.29) is 12.5 Å². The van der Waals surface area contributed by atoms with Gasteiger partial charge in [0.1, 0.15) is 12.4 Å². The highest BCUT2D eigenvalue weighted by molar-refractivity contribution is 6.30. The monoisotopic (exact) mass is 314 g/mol. The summed E-state index contributed by atoms with van der Waals surface area (Å²) in [5.74, 6) is 0.576. The average Bonchev–Trinajstić information content (AvgIpc) is 2.32. The number of carbonyl (C=O) groups excluding carboxylic acids is 1. The second-order valence-corrected chi connectivity index (χ2v) is 6.08. The number of rotatable bonds is 8. The Bertz CT molecular complexity index is 460. The standard InChI is InChI=1S/C15H23ClN2O3/c1-15(2,20)11-18(3)10-14(19)17-7-8-21-13-6-4-5-12(16)9-13/h4-6,9,20H,7-8,10-11H2,1-3H3,(H,17,19). The minimum atomic E-state index is -0.815. The number of aliphatic hydroxyl groups is 1. The van der Waals surface area contributed by atoms with Crippen molar-refractivity contribution in [3.63, 3.8) is 0 Å². The van der Waals surface area contributed by atoms with Gasteiger partial charge < -0.3 is 15.2 Å². The number of carbonyl (C=O) groups is 1. The molecule has 0 bridgehead atoms. The Balaban J connectivity index is 2.19. The quantitative estimate of drug-likeness (QED) is 0.715. The van der Waals surface area contributed by atoms with E-state index in [1.165, 1.54) is 0 Å². The van der Waals surface area contributed by atoms with Gasteiger partial charge in [-0.1, -0.05) is 17.7 Å². The third-order valence-corrected chi connectivity index (χ3v) is 2.79. The first-order valence-electron chi connectivity index (χ1n) is 6.82. The van der Waals surface area contributed by atoms with Gasteiger partial charge in [0.15, 0.2) is 0 Å². The third-order valence-electron chi connectivity index (χ3n) is 2.56. The molecule has 5 nitrogen and oxygen atoms in total. The lowest BCUT2D eigenvalue weighted by molar-refractivity contribution is -0.122. The van der Waals surface area contributed by atoms with Crippen LogP contribution in [-0.2, 0) is 4.79 Å². The molecular weight excluding hydrogens is 292 g/mol. The smallest absolute Gasteiger partial charge is 0.234 e. The Morgan fingerprint density at radius 2 is 2.19 bits per heavy atom. The molecule has 0 saturated heterocycles. The number of hydrogen-bond acceptors (Lipinski definition) is 4. The highest BCUT2D eigenvalue weighted by atomic mass is 35.5.